The Balaban J connectivity index is 1.77. The molecule has 1 aromatic heterocycles. The van der Waals surface area contributed by atoms with Gasteiger partial charge in [-0.25, -0.2) is 13.8 Å². The van der Waals surface area contributed by atoms with Crippen molar-refractivity contribution in [3.8, 4) is 0 Å². The van der Waals surface area contributed by atoms with Crippen LogP contribution in [-0.4, -0.2) is 10.9 Å². The van der Waals surface area contributed by atoms with E-state index in [-0.39, 0.29) is 6.42 Å². The maximum atomic E-state index is 13.4. The Morgan fingerprint density at radius 3 is 2.71 bits per heavy atom. The van der Waals surface area contributed by atoms with Gasteiger partial charge in [0.05, 0.1) is 6.42 Å². The summed E-state index contributed by atoms with van der Waals surface area (Å²) in [7, 11) is 0. The summed E-state index contributed by atoms with van der Waals surface area (Å²) in [6.07, 6.45) is 1.29. The maximum absolute atomic E-state index is 13.4. The normalized spacial score (nSPS) is 10.8. The predicted octanol–water partition coefficient (Wildman–Crippen LogP) is 3.29. The largest absolute Gasteiger partial charge is 0.443 e. The minimum Gasteiger partial charge on any atom is -0.443 e. The lowest BCUT2D eigenvalue weighted by molar-refractivity contribution is -0.115. The number of halogens is 2. The number of hydrogen-bond acceptors (Lipinski definition) is 3. The molecule has 1 N–H and O–H groups in total. The van der Waals surface area contributed by atoms with Crippen LogP contribution in [0.25, 0.3) is 11.1 Å². The van der Waals surface area contributed by atoms with E-state index in [1.54, 1.807) is 18.2 Å². The van der Waals surface area contributed by atoms with Crippen molar-refractivity contribution < 1.29 is 18.0 Å². The third kappa shape index (κ3) is 2.74. The number of nitrogens with zero attached hydrogens (tertiary/aromatic N) is 1. The van der Waals surface area contributed by atoms with Gasteiger partial charge in [-0.2, -0.15) is 0 Å². The summed E-state index contributed by atoms with van der Waals surface area (Å²) in [5.74, 6) is -2.14. The van der Waals surface area contributed by atoms with E-state index < -0.39 is 23.2 Å². The highest BCUT2D eigenvalue weighted by atomic mass is 19.1. The number of anilines is 1. The SMILES string of the molecule is O=C(Cc1ccc2ncoc2c1)Nc1c(F)cccc1F. The molecule has 21 heavy (non-hydrogen) atoms. The van der Waals surface area contributed by atoms with Gasteiger partial charge >= 0.3 is 0 Å². The molecule has 0 aliphatic rings. The van der Waals surface area contributed by atoms with Gasteiger partial charge in [-0.15, -0.1) is 0 Å². The van der Waals surface area contributed by atoms with Crippen LogP contribution in [0.1, 0.15) is 5.56 Å². The predicted molar refractivity (Wildman–Crippen MR) is 72.7 cm³/mol. The van der Waals surface area contributed by atoms with Gasteiger partial charge in [-0.05, 0) is 29.8 Å². The lowest BCUT2D eigenvalue weighted by Crippen LogP contribution is -2.16. The molecule has 3 aromatic rings. The van der Waals surface area contributed by atoms with Crippen molar-refractivity contribution >= 4 is 22.7 Å². The highest BCUT2D eigenvalue weighted by Crippen LogP contribution is 2.19. The number of nitrogens with one attached hydrogen (secondary N) is 1. The topological polar surface area (TPSA) is 55.1 Å². The minimum absolute atomic E-state index is 0.0234. The third-order valence-corrected chi connectivity index (χ3v) is 2.99. The number of aromatic nitrogens is 1. The molecule has 0 radical (unpaired) electrons. The summed E-state index contributed by atoms with van der Waals surface area (Å²) in [6, 6.07) is 8.49. The van der Waals surface area contributed by atoms with Gasteiger partial charge in [0.15, 0.2) is 12.0 Å². The van der Waals surface area contributed by atoms with Crippen LogP contribution >= 0.6 is 0 Å². The van der Waals surface area contributed by atoms with Gasteiger partial charge in [0, 0.05) is 0 Å². The summed E-state index contributed by atoms with van der Waals surface area (Å²) < 4.78 is 32.0. The van der Waals surface area contributed by atoms with E-state index in [2.05, 4.69) is 10.3 Å². The van der Waals surface area contributed by atoms with Gasteiger partial charge in [0.1, 0.15) is 22.8 Å². The highest BCUT2D eigenvalue weighted by Gasteiger charge is 2.12. The summed E-state index contributed by atoms with van der Waals surface area (Å²) in [4.78, 5) is 15.8. The lowest BCUT2D eigenvalue weighted by atomic mass is 10.1. The number of hydrogen-bond donors (Lipinski definition) is 1. The highest BCUT2D eigenvalue weighted by molar-refractivity contribution is 5.93. The number of carbonyl (C=O) groups is 1. The van der Waals surface area contributed by atoms with Crippen LogP contribution in [-0.2, 0) is 11.2 Å². The Labute approximate surface area is 118 Å². The quantitative estimate of drug-likeness (QED) is 0.804. The Bertz CT molecular complexity index is 794. The molecule has 1 heterocycles. The van der Waals surface area contributed by atoms with Crippen molar-refractivity contribution in [3.63, 3.8) is 0 Å². The first-order chi connectivity index (χ1) is 10.1. The standard InChI is InChI=1S/C15H10F2N2O2/c16-10-2-1-3-11(17)15(10)19-14(20)7-9-4-5-12-13(6-9)21-8-18-12/h1-6,8H,7H2,(H,19,20). The summed E-state index contributed by atoms with van der Waals surface area (Å²) in [6.45, 7) is 0. The molecule has 0 aliphatic heterocycles. The summed E-state index contributed by atoms with van der Waals surface area (Å²) in [5, 5.41) is 2.23. The molecule has 6 heteroatoms. The molecule has 1 amide bonds. The fourth-order valence-corrected chi connectivity index (χ4v) is 2.00. The fraction of sp³-hybridized carbons (Fsp3) is 0.0667. The molecule has 0 spiro atoms. The van der Waals surface area contributed by atoms with Crippen molar-refractivity contribution in [1.29, 1.82) is 0 Å². The first-order valence-electron chi connectivity index (χ1n) is 6.19. The van der Waals surface area contributed by atoms with Crippen molar-refractivity contribution in [1.82, 2.24) is 4.98 Å². The van der Waals surface area contributed by atoms with Crippen LogP contribution in [0.3, 0.4) is 0 Å². The first-order valence-corrected chi connectivity index (χ1v) is 6.19. The van der Waals surface area contributed by atoms with E-state index in [4.69, 9.17) is 4.42 Å². The first kappa shape index (κ1) is 13.2. The Morgan fingerprint density at radius 1 is 1.19 bits per heavy atom. The van der Waals surface area contributed by atoms with Crippen molar-refractivity contribution in [2.75, 3.05) is 5.32 Å². The van der Waals surface area contributed by atoms with Crippen LogP contribution in [0.2, 0.25) is 0 Å². The van der Waals surface area contributed by atoms with Crippen LogP contribution < -0.4 is 5.32 Å². The number of amides is 1. The number of fused-ring (bicyclic) bond motifs is 1. The van der Waals surface area contributed by atoms with E-state index >= 15 is 0 Å². The zero-order valence-electron chi connectivity index (χ0n) is 10.8. The molecule has 3 rings (SSSR count). The average molecular weight is 288 g/mol. The molecular weight excluding hydrogens is 278 g/mol. The van der Waals surface area contributed by atoms with E-state index in [0.717, 1.165) is 12.1 Å². The van der Waals surface area contributed by atoms with Crippen LogP contribution in [0.4, 0.5) is 14.5 Å². The summed E-state index contributed by atoms with van der Waals surface area (Å²) in [5.41, 5.74) is 1.45. The molecule has 0 saturated carbocycles. The van der Waals surface area contributed by atoms with E-state index in [0.29, 0.717) is 16.7 Å². The number of benzene rings is 2. The smallest absolute Gasteiger partial charge is 0.228 e. The average Bonchev–Trinajstić information content (AvgIpc) is 2.90. The minimum atomic E-state index is -0.811. The van der Waals surface area contributed by atoms with E-state index in [1.165, 1.54) is 12.5 Å². The monoisotopic (exact) mass is 288 g/mol. The fourth-order valence-electron chi connectivity index (χ4n) is 2.00. The van der Waals surface area contributed by atoms with Crippen LogP contribution in [0, 0.1) is 11.6 Å². The number of para-hydroxylation sites is 1. The molecule has 0 saturated heterocycles. The Kier molecular flexibility index (Phi) is 3.35. The molecule has 0 unspecified atom stereocenters. The molecule has 2 aromatic carbocycles. The van der Waals surface area contributed by atoms with Crippen molar-refractivity contribution in [2.24, 2.45) is 0 Å². The van der Waals surface area contributed by atoms with Crippen LogP contribution in [0.15, 0.2) is 47.2 Å². The molecule has 106 valence electrons. The second-order valence-electron chi connectivity index (χ2n) is 4.48. The van der Waals surface area contributed by atoms with Gasteiger partial charge < -0.3 is 9.73 Å². The van der Waals surface area contributed by atoms with E-state index in [1.807, 2.05) is 0 Å². The molecule has 0 bridgehead atoms. The van der Waals surface area contributed by atoms with Crippen LogP contribution in [0.5, 0.6) is 0 Å². The molecule has 0 atom stereocenters. The number of carbonyl (C=O) groups excluding carboxylic acids is 1. The maximum Gasteiger partial charge on any atom is 0.228 e. The zero-order valence-corrected chi connectivity index (χ0v) is 10.8. The van der Waals surface area contributed by atoms with Gasteiger partial charge in [0.2, 0.25) is 5.91 Å². The molecule has 0 fully saturated rings. The van der Waals surface area contributed by atoms with Gasteiger partial charge in [-0.3, -0.25) is 4.79 Å². The third-order valence-electron chi connectivity index (χ3n) is 2.99. The van der Waals surface area contributed by atoms with Crippen molar-refractivity contribution in [2.45, 2.75) is 6.42 Å². The Morgan fingerprint density at radius 2 is 1.95 bits per heavy atom. The molecular formula is C15H10F2N2O2. The summed E-state index contributed by atoms with van der Waals surface area (Å²) >= 11 is 0. The van der Waals surface area contributed by atoms with Gasteiger partial charge in [0.25, 0.3) is 0 Å². The molecule has 4 nitrogen and oxygen atoms in total. The zero-order chi connectivity index (χ0) is 14.8. The number of oxazole rings is 1. The number of rotatable bonds is 3. The second-order valence-corrected chi connectivity index (χ2v) is 4.48. The van der Waals surface area contributed by atoms with Gasteiger partial charge in [-0.1, -0.05) is 12.1 Å². The Hall–Kier alpha value is -2.76. The molecule has 0 aliphatic carbocycles. The lowest BCUT2D eigenvalue weighted by Gasteiger charge is -2.07. The van der Waals surface area contributed by atoms with Crippen molar-refractivity contribution in [3.05, 3.63) is 60.0 Å². The second kappa shape index (κ2) is 5.32. The van der Waals surface area contributed by atoms with E-state index in [9.17, 15) is 13.6 Å².